The molecule has 0 spiro atoms. The highest BCUT2D eigenvalue weighted by molar-refractivity contribution is 7.09. The minimum atomic E-state index is 0.258. The van der Waals surface area contributed by atoms with Gasteiger partial charge in [-0.2, -0.15) is 0 Å². The summed E-state index contributed by atoms with van der Waals surface area (Å²) in [5, 5.41) is 2.11. The van der Waals surface area contributed by atoms with Crippen LogP contribution in [0.3, 0.4) is 0 Å². The van der Waals surface area contributed by atoms with E-state index < -0.39 is 0 Å². The van der Waals surface area contributed by atoms with Crippen molar-refractivity contribution >= 4 is 17.1 Å². The van der Waals surface area contributed by atoms with E-state index in [0.29, 0.717) is 5.78 Å². The van der Waals surface area contributed by atoms with Crippen molar-refractivity contribution in [2.45, 2.75) is 38.5 Å². The molecule has 0 bridgehead atoms. The van der Waals surface area contributed by atoms with Gasteiger partial charge in [-0.1, -0.05) is 30.3 Å². The van der Waals surface area contributed by atoms with Gasteiger partial charge in [-0.3, -0.25) is 4.79 Å². The lowest BCUT2D eigenvalue weighted by molar-refractivity contribution is -0.123. The summed E-state index contributed by atoms with van der Waals surface area (Å²) >= 11 is 1.79. The predicted octanol–water partition coefficient (Wildman–Crippen LogP) is 4.45. The van der Waals surface area contributed by atoms with Crippen LogP contribution in [0, 0.1) is 5.92 Å². The molecule has 0 aliphatic heterocycles. The third-order valence-corrected chi connectivity index (χ3v) is 5.16. The van der Waals surface area contributed by atoms with Gasteiger partial charge in [0, 0.05) is 17.2 Å². The number of ketones is 1. The highest BCUT2D eigenvalue weighted by Crippen LogP contribution is 2.27. The van der Waals surface area contributed by atoms with E-state index in [1.54, 1.807) is 11.3 Å². The highest BCUT2D eigenvalue weighted by atomic mass is 32.1. The molecular weight excluding hydrogens is 264 g/mol. The van der Waals surface area contributed by atoms with Crippen LogP contribution in [0.15, 0.2) is 41.8 Å². The maximum Gasteiger partial charge on any atom is 0.136 e. The van der Waals surface area contributed by atoms with Crippen molar-refractivity contribution in [1.29, 1.82) is 0 Å². The first-order chi connectivity index (χ1) is 9.83. The van der Waals surface area contributed by atoms with Crippen molar-refractivity contribution in [2.24, 2.45) is 5.92 Å². The summed E-state index contributed by atoms with van der Waals surface area (Å²) in [6, 6.07) is 12.8. The number of hydrogen-bond acceptors (Lipinski definition) is 2. The average molecular weight is 284 g/mol. The Morgan fingerprint density at radius 3 is 2.80 bits per heavy atom. The fraction of sp³-hybridized carbons (Fsp3) is 0.389. The molecule has 3 rings (SSSR count). The first-order valence-electron chi connectivity index (χ1n) is 7.45. The largest absolute Gasteiger partial charge is 0.299 e. The second-order valence-corrected chi connectivity index (χ2v) is 6.64. The van der Waals surface area contributed by atoms with Crippen LogP contribution in [-0.4, -0.2) is 5.78 Å². The van der Waals surface area contributed by atoms with Crippen molar-refractivity contribution in [1.82, 2.24) is 0 Å². The van der Waals surface area contributed by atoms with Gasteiger partial charge in [0.15, 0.2) is 0 Å². The molecule has 0 saturated heterocycles. The van der Waals surface area contributed by atoms with Gasteiger partial charge in [0.2, 0.25) is 0 Å². The number of fused-ring (bicyclic) bond motifs is 1. The van der Waals surface area contributed by atoms with Crippen LogP contribution in [0.25, 0.3) is 0 Å². The number of aryl methyl sites for hydroxylation is 2. The summed E-state index contributed by atoms with van der Waals surface area (Å²) in [7, 11) is 0. The minimum Gasteiger partial charge on any atom is -0.299 e. The summed E-state index contributed by atoms with van der Waals surface area (Å²) < 4.78 is 0. The Morgan fingerprint density at radius 2 is 2.00 bits per heavy atom. The first kappa shape index (κ1) is 13.6. The lowest BCUT2D eigenvalue weighted by atomic mass is 9.81. The normalized spacial score (nSPS) is 17.7. The van der Waals surface area contributed by atoms with E-state index in [0.717, 1.165) is 38.5 Å². The molecule has 2 aromatic rings. The molecule has 2 heteroatoms. The van der Waals surface area contributed by atoms with E-state index >= 15 is 0 Å². The molecule has 1 aliphatic rings. The molecule has 1 heterocycles. The summed E-state index contributed by atoms with van der Waals surface area (Å²) in [5.74, 6) is 0.726. The number of thiophene rings is 1. The van der Waals surface area contributed by atoms with Gasteiger partial charge in [-0.15, -0.1) is 11.3 Å². The fourth-order valence-electron chi connectivity index (χ4n) is 3.07. The van der Waals surface area contributed by atoms with Gasteiger partial charge in [-0.25, -0.2) is 0 Å². The summed E-state index contributed by atoms with van der Waals surface area (Å²) in [5.41, 5.74) is 2.82. The topological polar surface area (TPSA) is 17.1 Å². The Balaban J connectivity index is 1.51. The monoisotopic (exact) mass is 284 g/mol. The molecule has 104 valence electrons. The zero-order valence-corrected chi connectivity index (χ0v) is 12.5. The molecule has 0 fully saturated rings. The van der Waals surface area contributed by atoms with Gasteiger partial charge in [-0.05, 0) is 54.7 Å². The lowest BCUT2D eigenvalue weighted by Crippen LogP contribution is -2.22. The Hall–Kier alpha value is -1.41. The smallest absolute Gasteiger partial charge is 0.136 e. The van der Waals surface area contributed by atoms with E-state index in [4.69, 9.17) is 0 Å². The van der Waals surface area contributed by atoms with E-state index in [9.17, 15) is 4.79 Å². The molecule has 0 amide bonds. The van der Waals surface area contributed by atoms with E-state index in [1.165, 1.54) is 16.0 Å². The number of rotatable bonds is 5. The lowest BCUT2D eigenvalue weighted by Gasteiger charge is -2.23. The quantitative estimate of drug-likeness (QED) is 0.793. The van der Waals surface area contributed by atoms with Crippen molar-refractivity contribution < 1.29 is 4.79 Å². The third-order valence-electron chi connectivity index (χ3n) is 4.23. The summed E-state index contributed by atoms with van der Waals surface area (Å²) in [6.45, 7) is 0. The summed E-state index contributed by atoms with van der Waals surface area (Å²) in [6.07, 6.45) is 5.84. The molecule has 20 heavy (non-hydrogen) atoms. The molecule has 1 nitrogen and oxygen atoms in total. The van der Waals surface area contributed by atoms with Crippen molar-refractivity contribution in [3.8, 4) is 0 Å². The Morgan fingerprint density at radius 1 is 1.15 bits per heavy atom. The Kier molecular flexibility index (Phi) is 4.31. The second kappa shape index (κ2) is 6.36. The Bertz CT molecular complexity index is 571. The first-order valence-corrected chi connectivity index (χ1v) is 8.33. The second-order valence-electron chi connectivity index (χ2n) is 5.61. The number of carbonyl (C=O) groups is 1. The summed E-state index contributed by atoms with van der Waals surface area (Å²) in [4.78, 5) is 13.7. The van der Waals surface area contributed by atoms with Crippen LogP contribution in [0.4, 0.5) is 0 Å². The molecule has 1 unspecified atom stereocenters. The molecular formula is C18H20OS. The standard InChI is InChI=1S/C18H20OS/c19-18(9-3-7-17-8-4-12-20-17)16-11-10-14-5-1-2-6-15(14)13-16/h1-2,4-6,8,12,16H,3,7,9-11,13H2. The molecule has 1 aromatic carbocycles. The van der Waals surface area contributed by atoms with E-state index in [2.05, 4.69) is 41.8 Å². The van der Waals surface area contributed by atoms with Crippen LogP contribution in [0.2, 0.25) is 0 Å². The van der Waals surface area contributed by atoms with Crippen LogP contribution < -0.4 is 0 Å². The SMILES string of the molecule is O=C(CCCc1cccs1)C1CCc2ccccc2C1. The van der Waals surface area contributed by atoms with Crippen LogP contribution in [-0.2, 0) is 24.1 Å². The molecule has 1 atom stereocenters. The van der Waals surface area contributed by atoms with Gasteiger partial charge in [0.25, 0.3) is 0 Å². The minimum absolute atomic E-state index is 0.258. The number of hydrogen-bond donors (Lipinski definition) is 0. The maximum atomic E-state index is 12.3. The van der Waals surface area contributed by atoms with Crippen LogP contribution in [0.5, 0.6) is 0 Å². The molecule has 0 radical (unpaired) electrons. The van der Waals surface area contributed by atoms with Crippen LogP contribution >= 0.6 is 11.3 Å². The highest BCUT2D eigenvalue weighted by Gasteiger charge is 2.23. The predicted molar refractivity (Wildman–Crippen MR) is 84.2 cm³/mol. The van der Waals surface area contributed by atoms with E-state index in [1.807, 2.05) is 0 Å². The fourth-order valence-corrected chi connectivity index (χ4v) is 3.82. The van der Waals surface area contributed by atoms with Crippen molar-refractivity contribution in [3.05, 3.63) is 57.8 Å². The number of benzene rings is 1. The number of Topliss-reactive ketones (excluding diaryl/α,β-unsaturated/α-hetero) is 1. The molecule has 0 N–H and O–H groups in total. The molecule has 1 aliphatic carbocycles. The zero-order chi connectivity index (χ0) is 13.8. The van der Waals surface area contributed by atoms with Crippen molar-refractivity contribution in [2.75, 3.05) is 0 Å². The van der Waals surface area contributed by atoms with Crippen LogP contribution in [0.1, 0.15) is 35.3 Å². The zero-order valence-electron chi connectivity index (χ0n) is 11.7. The third kappa shape index (κ3) is 3.18. The average Bonchev–Trinajstić information content (AvgIpc) is 3.00. The van der Waals surface area contributed by atoms with Gasteiger partial charge < -0.3 is 0 Å². The molecule has 0 saturated carbocycles. The van der Waals surface area contributed by atoms with Crippen molar-refractivity contribution in [3.63, 3.8) is 0 Å². The Labute approximate surface area is 124 Å². The van der Waals surface area contributed by atoms with Gasteiger partial charge in [0.05, 0.1) is 0 Å². The molecule has 1 aromatic heterocycles. The maximum absolute atomic E-state index is 12.3. The number of carbonyl (C=O) groups excluding carboxylic acids is 1. The van der Waals surface area contributed by atoms with E-state index in [-0.39, 0.29) is 5.92 Å². The van der Waals surface area contributed by atoms with Gasteiger partial charge in [0.1, 0.15) is 5.78 Å². The van der Waals surface area contributed by atoms with Gasteiger partial charge >= 0.3 is 0 Å².